The van der Waals surface area contributed by atoms with E-state index in [0.29, 0.717) is 13.2 Å². The molecule has 4 unspecified atom stereocenters. The lowest BCUT2D eigenvalue weighted by Crippen LogP contribution is -2.35. The maximum Gasteiger partial charge on any atom is 0.119 e. The van der Waals surface area contributed by atoms with Gasteiger partial charge in [0.1, 0.15) is 18.5 Å². The third-order valence-corrected chi connectivity index (χ3v) is 4.86. The summed E-state index contributed by atoms with van der Waals surface area (Å²) in [6, 6.07) is 9.66. The molecule has 2 fully saturated rings. The Morgan fingerprint density at radius 1 is 1.20 bits per heavy atom. The molecule has 3 rings (SSSR count). The Balaban J connectivity index is 1.30. The van der Waals surface area contributed by atoms with Crippen molar-refractivity contribution in [2.75, 3.05) is 19.7 Å². The first-order valence-corrected chi connectivity index (χ1v) is 7.88. The second kappa shape index (κ2) is 6.59. The quantitative estimate of drug-likeness (QED) is 0.803. The van der Waals surface area contributed by atoms with E-state index in [0.717, 1.165) is 30.0 Å². The van der Waals surface area contributed by atoms with Gasteiger partial charge < -0.3 is 15.2 Å². The van der Waals surface area contributed by atoms with E-state index in [-0.39, 0.29) is 0 Å². The van der Waals surface area contributed by atoms with Crippen molar-refractivity contribution < 1.29 is 9.84 Å². The van der Waals surface area contributed by atoms with Crippen LogP contribution in [0.5, 0.6) is 5.75 Å². The number of benzene rings is 1. The predicted octanol–water partition coefficient (Wildman–Crippen LogP) is 2.45. The molecule has 2 N–H and O–H groups in total. The van der Waals surface area contributed by atoms with Gasteiger partial charge in [-0.3, -0.25) is 0 Å². The molecule has 2 aliphatic carbocycles. The van der Waals surface area contributed by atoms with Crippen LogP contribution in [0, 0.1) is 17.8 Å². The van der Waals surface area contributed by atoms with E-state index in [1.54, 1.807) is 0 Å². The van der Waals surface area contributed by atoms with E-state index in [2.05, 4.69) is 5.32 Å². The molecular weight excluding hydrogens is 250 g/mol. The van der Waals surface area contributed by atoms with Gasteiger partial charge >= 0.3 is 0 Å². The number of fused-ring (bicyclic) bond motifs is 2. The van der Waals surface area contributed by atoms with Crippen LogP contribution in [0.15, 0.2) is 30.3 Å². The number of nitrogens with one attached hydrogen (secondary N) is 1. The summed E-state index contributed by atoms with van der Waals surface area (Å²) in [4.78, 5) is 0. The van der Waals surface area contributed by atoms with Crippen molar-refractivity contribution in [3.8, 4) is 5.75 Å². The highest BCUT2D eigenvalue weighted by Crippen LogP contribution is 2.47. The molecule has 1 aromatic rings. The zero-order chi connectivity index (χ0) is 13.8. The fraction of sp³-hybridized carbons (Fsp3) is 0.647. The van der Waals surface area contributed by atoms with Crippen molar-refractivity contribution >= 4 is 0 Å². The van der Waals surface area contributed by atoms with Crippen LogP contribution in [0.4, 0.5) is 0 Å². The molecule has 3 heteroatoms. The Labute approximate surface area is 121 Å². The van der Waals surface area contributed by atoms with E-state index in [4.69, 9.17) is 4.74 Å². The maximum absolute atomic E-state index is 9.93. The lowest BCUT2D eigenvalue weighted by molar-refractivity contribution is 0.104. The molecular formula is C17H25NO2. The zero-order valence-electron chi connectivity index (χ0n) is 12.0. The molecule has 4 atom stereocenters. The number of hydrogen-bond acceptors (Lipinski definition) is 3. The van der Waals surface area contributed by atoms with Crippen LogP contribution in [0.3, 0.4) is 0 Å². The first kappa shape index (κ1) is 13.9. The number of rotatable bonds is 7. The van der Waals surface area contributed by atoms with Crippen molar-refractivity contribution in [1.29, 1.82) is 0 Å². The Morgan fingerprint density at radius 3 is 2.75 bits per heavy atom. The average Bonchev–Trinajstić information content (AvgIpc) is 3.09. The largest absolute Gasteiger partial charge is 0.491 e. The van der Waals surface area contributed by atoms with Gasteiger partial charge in [-0.15, -0.1) is 0 Å². The second-order valence-electron chi connectivity index (χ2n) is 6.37. The molecule has 110 valence electrons. The van der Waals surface area contributed by atoms with E-state index in [1.165, 1.54) is 25.7 Å². The highest BCUT2D eigenvalue weighted by molar-refractivity contribution is 5.20. The molecule has 2 bridgehead atoms. The van der Waals surface area contributed by atoms with Gasteiger partial charge in [-0.25, -0.2) is 0 Å². The van der Waals surface area contributed by atoms with Gasteiger partial charge in [0.15, 0.2) is 0 Å². The van der Waals surface area contributed by atoms with Crippen molar-refractivity contribution in [2.24, 2.45) is 17.8 Å². The van der Waals surface area contributed by atoms with Gasteiger partial charge in [0.25, 0.3) is 0 Å². The van der Waals surface area contributed by atoms with Crippen LogP contribution < -0.4 is 10.1 Å². The van der Waals surface area contributed by atoms with Gasteiger partial charge in [-0.05, 0) is 55.7 Å². The first-order valence-electron chi connectivity index (χ1n) is 7.88. The van der Waals surface area contributed by atoms with Gasteiger partial charge in [-0.1, -0.05) is 24.6 Å². The molecule has 0 radical (unpaired) electrons. The maximum atomic E-state index is 9.93. The molecule has 0 aromatic heterocycles. The Bertz CT molecular complexity index is 409. The minimum Gasteiger partial charge on any atom is -0.491 e. The summed E-state index contributed by atoms with van der Waals surface area (Å²) < 4.78 is 5.55. The second-order valence-corrected chi connectivity index (χ2v) is 6.37. The van der Waals surface area contributed by atoms with E-state index >= 15 is 0 Å². The molecule has 0 amide bonds. The highest BCUT2D eigenvalue weighted by atomic mass is 16.5. The molecule has 3 nitrogen and oxygen atoms in total. The number of hydrogen-bond donors (Lipinski definition) is 2. The molecule has 0 saturated heterocycles. The summed E-state index contributed by atoms with van der Waals surface area (Å²) in [5.41, 5.74) is 0. The predicted molar refractivity (Wildman–Crippen MR) is 79.8 cm³/mol. The van der Waals surface area contributed by atoms with Crippen molar-refractivity contribution in [1.82, 2.24) is 5.32 Å². The van der Waals surface area contributed by atoms with Gasteiger partial charge in [-0.2, -0.15) is 0 Å². The fourth-order valence-corrected chi connectivity index (χ4v) is 3.83. The van der Waals surface area contributed by atoms with Crippen molar-refractivity contribution in [3.05, 3.63) is 30.3 Å². The van der Waals surface area contributed by atoms with E-state index in [1.807, 2.05) is 30.3 Å². The smallest absolute Gasteiger partial charge is 0.119 e. The van der Waals surface area contributed by atoms with Gasteiger partial charge in [0, 0.05) is 6.54 Å². The van der Waals surface area contributed by atoms with Crippen LogP contribution in [0.2, 0.25) is 0 Å². The standard InChI is InChI=1S/C17H25NO2/c19-16(12-20-17-4-2-1-3-5-17)11-18-10-15-9-13-6-7-14(15)8-13/h1-5,13-16,18-19H,6-12H2. The number of para-hydroxylation sites is 1. The first-order chi connectivity index (χ1) is 9.81. The Hall–Kier alpha value is -1.06. The summed E-state index contributed by atoms with van der Waals surface area (Å²) in [5.74, 6) is 3.61. The van der Waals surface area contributed by atoms with E-state index in [9.17, 15) is 5.11 Å². The van der Waals surface area contributed by atoms with Gasteiger partial charge in [0.05, 0.1) is 0 Å². The lowest BCUT2D eigenvalue weighted by atomic mass is 9.89. The fourth-order valence-electron chi connectivity index (χ4n) is 3.83. The summed E-state index contributed by atoms with van der Waals surface area (Å²) in [6.45, 7) is 2.04. The molecule has 0 aliphatic heterocycles. The highest BCUT2D eigenvalue weighted by Gasteiger charge is 2.38. The Kier molecular flexibility index (Phi) is 4.58. The van der Waals surface area contributed by atoms with Crippen molar-refractivity contribution in [3.63, 3.8) is 0 Å². The number of aliphatic hydroxyl groups excluding tert-OH is 1. The van der Waals surface area contributed by atoms with Crippen LogP contribution >= 0.6 is 0 Å². The number of ether oxygens (including phenoxy) is 1. The summed E-state index contributed by atoms with van der Waals surface area (Å²) in [6.07, 6.45) is 5.29. The molecule has 0 heterocycles. The minimum absolute atomic E-state index is 0.355. The minimum atomic E-state index is -0.436. The van der Waals surface area contributed by atoms with Crippen LogP contribution in [-0.4, -0.2) is 30.9 Å². The zero-order valence-corrected chi connectivity index (χ0v) is 12.0. The van der Waals surface area contributed by atoms with Crippen LogP contribution in [0.25, 0.3) is 0 Å². The Morgan fingerprint density at radius 2 is 2.05 bits per heavy atom. The molecule has 2 saturated carbocycles. The topological polar surface area (TPSA) is 41.5 Å². The third kappa shape index (κ3) is 3.53. The third-order valence-electron chi connectivity index (χ3n) is 4.86. The average molecular weight is 275 g/mol. The normalized spacial score (nSPS) is 29.6. The summed E-state index contributed by atoms with van der Waals surface area (Å²) in [5, 5.41) is 13.3. The molecule has 2 aliphatic rings. The monoisotopic (exact) mass is 275 g/mol. The SMILES string of the molecule is OC(CNCC1CC2CCC1C2)COc1ccccc1. The van der Waals surface area contributed by atoms with Crippen LogP contribution in [0.1, 0.15) is 25.7 Å². The molecule has 20 heavy (non-hydrogen) atoms. The molecule has 1 aromatic carbocycles. The van der Waals surface area contributed by atoms with Crippen molar-refractivity contribution in [2.45, 2.75) is 31.8 Å². The van der Waals surface area contributed by atoms with Crippen LogP contribution in [-0.2, 0) is 0 Å². The number of aliphatic hydroxyl groups is 1. The molecule has 0 spiro atoms. The van der Waals surface area contributed by atoms with E-state index < -0.39 is 6.10 Å². The summed E-state index contributed by atoms with van der Waals surface area (Å²) in [7, 11) is 0. The van der Waals surface area contributed by atoms with Gasteiger partial charge in [0.2, 0.25) is 0 Å². The summed E-state index contributed by atoms with van der Waals surface area (Å²) >= 11 is 0. The lowest BCUT2D eigenvalue weighted by Gasteiger charge is -2.22.